The summed E-state index contributed by atoms with van der Waals surface area (Å²) in [6, 6.07) is 0.411. The molecule has 0 rings (SSSR count). The zero-order valence-corrected chi connectivity index (χ0v) is 14.3. The predicted octanol–water partition coefficient (Wildman–Crippen LogP) is 5.92. The van der Waals surface area contributed by atoms with Gasteiger partial charge in [0.15, 0.2) is 0 Å². The molecule has 0 aliphatic carbocycles. The molecule has 116 valence electrons. The number of hydrogen-bond acceptors (Lipinski definition) is 1. The fraction of sp³-hybridized carbons (Fsp3) is 1.00. The van der Waals surface area contributed by atoms with Crippen molar-refractivity contribution in [1.82, 2.24) is 0 Å². The molecule has 0 bridgehead atoms. The van der Waals surface area contributed by atoms with Gasteiger partial charge in [-0.05, 0) is 24.2 Å². The highest BCUT2D eigenvalue weighted by Gasteiger charge is 2.21. The van der Waals surface area contributed by atoms with Crippen LogP contribution in [-0.4, -0.2) is 6.04 Å². The summed E-state index contributed by atoms with van der Waals surface area (Å²) >= 11 is 0. The number of nitrogens with two attached hydrogens (primary N) is 1. The Balaban J connectivity index is 3.41. The minimum Gasteiger partial charge on any atom is -0.328 e. The number of rotatable bonds is 11. The lowest BCUT2D eigenvalue weighted by Gasteiger charge is -2.29. The molecule has 2 unspecified atom stereocenters. The quantitative estimate of drug-likeness (QED) is 0.463. The van der Waals surface area contributed by atoms with E-state index >= 15 is 0 Å². The Hall–Kier alpha value is -0.0400. The Morgan fingerprint density at radius 1 is 0.842 bits per heavy atom. The molecule has 0 aromatic rings. The van der Waals surface area contributed by atoms with Crippen molar-refractivity contribution in [3.05, 3.63) is 0 Å². The van der Waals surface area contributed by atoms with E-state index in [0.29, 0.717) is 11.5 Å². The molecule has 0 fully saturated rings. The minimum absolute atomic E-state index is 0.400. The third-order valence-corrected chi connectivity index (χ3v) is 4.56. The first kappa shape index (κ1) is 19.0. The van der Waals surface area contributed by atoms with E-state index in [-0.39, 0.29) is 0 Å². The van der Waals surface area contributed by atoms with Crippen LogP contribution in [0.2, 0.25) is 0 Å². The fourth-order valence-electron chi connectivity index (χ4n) is 2.47. The van der Waals surface area contributed by atoms with Crippen LogP contribution in [0, 0.1) is 11.3 Å². The molecule has 1 nitrogen and oxygen atoms in total. The standard InChI is InChI=1S/C18H39N/c1-6-7-8-9-10-11-12-13-14-17(19)15-16(2)18(3,4)5/h16-17H,6-15,19H2,1-5H3. The second kappa shape index (κ2) is 10.7. The highest BCUT2D eigenvalue weighted by atomic mass is 14.6. The molecular weight excluding hydrogens is 230 g/mol. The first-order valence-electron chi connectivity index (χ1n) is 8.63. The molecule has 0 amide bonds. The lowest BCUT2D eigenvalue weighted by atomic mass is 9.78. The Labute approximate surface area is 122 Å². The van der Waals surface area contributed by atoms with Crippen molar-refractivity contribution in [1.29, 1.82) is 0 Å². The van der Waals surface area contributed by atoms with Crippen LogP contribution in [0.4, 0.5) is 0 Å². The molecule has 0 heterocycles. The average molecular weight is 270 g/mol. The van der Waals surface area contributed by atoms with Crippen LogP contribution in [0.1, 0.15) is 98.8 Å². The van der Waals surface area contributed by atoms with E-state index in [1.54, 1.807) is 0 Å². The van der Waals surface area contributed by atoms with Gasteiger partial charge >= 0.3 is 0 Å². The Bertz CT molecular complexity index is 192. The van der Waals surface area contributed by atoms with E-state index in [4.69, 9.17) is 5.73 Å². The average Bonchev–Trinajstić information content (AvgIpc) is 2.31. The second-order valence-electron chi connectivity index (χ2n) is 7.53. The van der Waals surface area contributed by atoms with Gasteiger partial charge in [-0.2, -0.15) is 0 Å². The molecule has 0 aromatic carbocycles. The van der Waals surface area contributed by atoms with Crippen molar-refractivity contribution >= 4 is 0 Å². The van der Waals surface area contributed by atoms with Crippen LogP contribution in [0.15, 0.2) is 0 Å². The fourth-order valence-corrected chi connectivity index (χ4v) is 2.47. The van der Waals surface area contributed by atoms with Crippen molar-refractivity contribution in [2.75, 3.05) is 0 Å². The normalized spacial score (nSPS) is 15.5. The third-order valence-electron chi connectivity index (χ3n) is 4.56. The largest absolute Gasteiger partial charge is 0.328 e. The lowest BCUT2D eigenvalue weighted by molar-refractivity contribution is 0.229. The van der Waals surface area contributed by atoms with E-state index in [1.807, 2.05) is 0 Å². The van der Waals surface area contributed by atoms with Gasteiger partial charge in [0.2, 0.25) is 0 Å². The van der Waals surface area contributed by atoms with E-state index in [0.717, 1.165) is 5.92 Å². The van der Waals surface area contributed by atoms with Crippen LogP contribution in [0.3, 0.4) is 0 Å². The van der Waals surface area contributed by atoms with E-state index in [9.17, 15) is 0 Å². The van der Waals surface area contributed by atoms with E-state index < -0.39 is 0 Å². The van der Waals surface area contributed by atoms with Crippen LogP contribution in [0.25, 0.3) is 0 Å². The maximum atomic E-state index is 6.25. The van der Waals surface area contributed by atoms with Gasteiger partial charge < -0.3 is 5.73 Å². The van der Waals surface area contributed by atoms with Crippen molar-refractivity contribution in [2.45, 2.75) is 105 Å². The van der Waals surface area contributed by atoms with E-state index in [1.165, 1.54) is 64.2 Å². The molecule has 2 N–H and O–H groups in total. The summed E-state index contributed by atoms with van der Waals surface area (Å²) in [5.41, 5.74) is 6.65. The Morgan fingerprint density at radius 2 is 1.32 bits per heavy atom. The Morgan fingerprint density at radius 3 is 1.79 bits per heavy atom. The number of unbranched alkanes of at least 4 members (excludes halogenated alkanes) is 7. The molecule has 0 radical (unpaired) electrons. The van der Waals surface area contributed by atoms with Crippen molar-refractivity contribution in [3.63, 3.8) is 0 Å². The molecule has 0 aliphatic heterocycles. The van der Waals surface area contributed by atoms with Gasteiger partial charge in [-0.3, -0.25) is 0 Å². The van der Waals surface area contributed by atoms with Crippen LogP contribution < -0.4 is 5.73 Å². The van der Waals surface area contributed by atoms with Crippen LogP contribution >= 0.6 is 0 Å². The SMILES string of the molecule is CCCCCCCCCCC(N)CC(C)C(C)(C)C. The summed E-state index contributed by atoms with van der Waals surface area (Å²) in [5.74, 6) is 0.719. The summed E-state index contributed by atoms with van der Waals surface area (Å²) in [6.45, 7) is 11.6. The lowest BCUT2D eigenvalue weighted by Crippen LogP contribution is -2.28. The van der Waals surface area contributed by atoms with Gasteiger partial charge in [-0.15, -0.1) is 0 Å². The van der Waals surface area contributed by atoms with Crippen LogP contribution in [-0.2, 0) is 0 Å². The smallest absolute Gasteiger partial charge is 0.00415 e. The second-order valence-corrected chi connectivity index (χ2v) is 7.53. The first-order chi connectivity index (χ1) is 8.88. The zero-order valence-electron chi connectivity index (χ0n) is 14.3. The third kappa shape index (κ3) is 11.5. The first-order valence-corrected chi connectivity index (χ1v) is 8.63. The minimum atomic E-state index is 0.400. The predicted molar refractivity (Wildman–Crippen MR) is 88.4 cm³/mol. The highest BCUT2D eigenvalue weighted by molar-refractivity contribution is 4.75. The molecule has 2 atom stereocenters. The van der Waals surface area contributed by atoms with Gasteiger partial charge in [0, 0.05) is 6.04 Å². The highest BCUT2D eigenvalue weighted by Crippen LogP contribution is 2.29. The summed E-state index contributed by atoms with van der Waals surface area (Å²) in [6.07, 6.45) is 13.6. The molecule has 0 saturated carbocycles. The maximum absolute atomic E-state index is 6.25. The van der Waals surface area contributed by atoms with Gasteiger partial charge in [-0.1, -0.05) is 86.0 Å². The molecule has 19 heavy (non-hydrogen) atoms. The molecule has 0 saturated heterocycles. The number of hydrogen-bond donors (Lipinski definition) is 1. The van der Waals surface area contributed by atoms with Crippen molar-refractivity contribution in [3.8, 4) is 0 Å². The van der Waals surface area contributed by atoms with E-state index in [2.05, 4.69) is 34.6 Å². The molecule has 0 aliphatic rings. The maximum Gasteiger partial charge on any atom is 0.00415 e. The van der Waals surface area contributed by atoms with Gasteiger partial charge in [0.1, 0.15) is 0 Å². The summed E-state index contributed by atoms with van der Waals surface area (Å²) in [5, 5.41) is 0. The topological polar surface area (TPSA) is 26.0 Å². The van der Waals surface area contributed by atoms with Gasteiger partial charge in [-0.25, -0.2) is 0 Å². The van der Waals surface area contributed by atoms with Crippen molar-refractivity contribution < 1.29 is 0 Å². The molecule has 0 aromatic heterocycles. The summed E-state index contributed by atoms with van der Waals surface area (Å²) in [4.78, 5) is 0. The molecule has 1 heteroatoms. The molecular formula is C18H39N. The van der Waals surface area contributed by atoms with Gasteiger partial charge in [0.25, 0.3) is 0 Å². The summed E-state index contributed by atoms with van der Waals surface area (Å²) in [7, 11) is 0. The van der Waals surface area contributed by atoms with Crippen LogP contribution in [0.5, 0.6) is 0 Å². The summed E-state index contributed by atoms with van der Waals surface area (Å²) < 4.78 is 0. The molecule has 0 spiro atoms. The monoisotopic (exact) mass is 269 g/mol. The Kier molecular flexibility index (Phi) is 10.7. The zero-order chi connectivity index (χ0) is 14.7. The van der Waals surface area contributed by atoms with Crippen molar-refractivity contribution in [2.24, 2.45) is 17.1 Å². The van der Waals surface area contributed by atoms with Gasteiger partial charge in [0.05, 0.1) is 0 Å².